The maximum Gasteiger partial charge on any atom is 0.0809 e. The molecular weight excluding hydrogens is 262 g/mol. The number of pyridine rings is 1. The first-order valence-corrected chi connectivity index (χ1v) is 7.48. The highest BCUT2D eigenvalue weighted by molar-refractivity contribution is 7.22. The summed E-state index contributed by atoms with van der Waals surface area (Å²) in [5.41, 5.74) is 3.38. The second-order valence-corrected chi connectivity index (χ2v) is 6.12. The van der Waals surface area contributed by atoms with Crippen LogP contribution in [0, 0.1) is 6.92 Å². The van der Waals surface area contributed by atoms with Crippen molar-refractivity contribution in [1.29, 1.82) is 0 Å². The van der Waals surface area contributed by atoms with Gasteiger partial charge in [0, 0.05) is 10.1 Å². The summed E-state index contributed by atoms with van der Waals surface area (Å²) < 4.78 is 1.31. The van der Waals surface area contributed by atoms with E-state index in [1.807, 2.05) is 0 Å². The fraction of sp³-hybridized carbons (Fsp3) is 0.0556. The molecule has 0 saturated carbocycles. The number of nitrogens with zero attached hydrogens (tertiary/aromatic N) is 1. The molecule has 4 rings (SSSR count). The lowest BCUT2D eigenvalue weighted by Crippen LogP contribution is -1.83. The summed E-state index contributed by atoms with van der Waals surface area (Å²) in [5, 5.41) is 2.49. The molecule has 1 nitrogen and oxygen atoms in total. The van der Waals surface area contributed by atoms with E-state index in [0.29, 0.717) is 0 Å². The Labute approximate surface area is 121 Å². The zero-order valence-corrected chi connectivity index (χ0v) is 11.9. The van der Waals surface area contributed by atoms with Gasteiger partial charge >= 0.3 is 0 Å². The van der Waals surface area contributed by atoms with E-state index in [1.54, 1.807) is 11.3 Å². The first kappa shape index (κ1) is 11.6. The van der Waals surface area contributed by atoms with Gasteiger partial charge < -0.3 is 0 Å². The maximum atomic E-state index is 4.81. The lowest BCUT2D eigenvalue weighted by Gasteiger charge is -2.01. The molecule has 4 aromatic rings. The first-order chi connectivity index (χ1) is 9.79. The Kier molecular flexibility index (Phi) is 2.57. The minimum absolute atomic E-state index is 1.06. The number of hydrogen-bond donors (Lipinski definition) is 0. The van der Waals surface area contributed by atoms with Gasteiger partial charge in [0.2, 0.25) is 0 Å². The molecule has 0 spiro atoms. The smallest absolute Gasteiger partial charge is 0.0809 e. The van der Waals surface area contributed by atoms with E-state index in [9.17, 15) is 0 Å². The number of aryl methyl sites for hydroxylation is 1. The van der Waals surface area contributed by atoms with E-state index < -0.39 is 0 Å². The van der Waals surface area contributed by atoms with Gasteiger partial charge in [0.1, 0.15) is 0 Å². The molecule has 2 aromatic heterocycles. The largest absolute Gasteiger partial charge is 0.247 e. The van der Waals surface area contributed by atoms with Gasteiger partial charge in [-0.25, -0.2) is 4.98 Å². The van der Waals surface area contributed by atoms with E-state index in [1.165, 1.54) is 25.9 Å². The summed E-state index contributed by atoms with van der Waals surface area (Å²) in [4.78, 5) is 6.04. The van der Waals surface area contributed by atoms with Crippen molar-refractivity contribution in [3.8, 4) is 10.6 Å². The van der Waals surface area contributed by atoms with Gasteiger partial charge in [-0.2, -0.15) is 0 Å². The summed E-state index contributed by atoms with van der Waals surface area (Å²) >= 11 is 1.80. The molecule has 0 fully saturated rings. The Balaban J connectivity index is 1.92. The standard InChI is InChI=1S/C18H13NS/c1-12-6-7-13-8-9-15(19-16(13)10-12)18-11-14-4-2-3-5-17(14)20-18/h2-11H,1H3. The minimum atomic E-state index is 1.06. The van der Waals surface area contributed by atoms with Gasteiger partial charge in [-0.3, -0.25) is 0 Å². The molecule has 0 radical (unpaired) electrons. The zero-order valence-electron chi connectivity index (χ0n) is 11.1. The van der Waals surface area contributed by atoms with Crippen LogP contribution < -0.4 is 0 Å². The monoisotopic (exact) mass is 275 g/mol. The predicted molar refractivity (Wildman–Crippen MR) is 87.3 cm³/mol. The van der Waals surface area contributed by atoms with Gasteiger partial charge in [-0.05, 0) is 42.1 Å². The first-order valence-electron chi connectivity index (χ1n) is 6.66. The molecule has 96 valence electrons. The Hall–Kier alpha value is -2.19. The molecule has 0 amide bonds. The molecular formula is C18H13NS. The molecule has 20 heavy (non-hydrogen) atoms. The summed E-state index contributed by atoms with van der Waals surface area (Å²) in [6.45, 7) is 2.10. The highest BCUT2D eigenvalue weighted by Gasteiger charge is 2.06. The molecule has 2 heteroatoms. The number of thiophene rings is 1. The van der Waals surface area contributed by atoms with Crippen LogP contribution >= 0.6 is 11.3 Å². The Morgan fingerprint density at radius 3 is 2.60 bits per heavy atom. The lowest BCUT2D eigenvalue weighted by molar-refractivity contribution is 1.39. The molecule has 0 aliphatic carbocycles. The van der Waals surface area contributed by atoms with E-state index in [0.717, 1.165) is 11.2 Å². The number of aromatic nitrogens is 1. The van der Waals surface area contributed by atoms with Crippen LogP contribution in [0.1, 0.15) is 5.56 Å². The second-order valence-electron chi connectivity index (χ2n) is 5.04. The van der Waals surface area contributed by atoms with Crippen LogP contribution in [0.3, 0.4) is 0 Å². The highest BCUT2D eigenvalue weighted by Crippen LogP contribution is 2.33. The number of rotatable bonds is 1. The molecule has 2 heterocycles. The Morgan fingerprint density at radius 1 is 0.850 bits per heavy atom. The van der Waals surface area contributed by atoms with Crippen LogP contribution in [-0.4, -0.2) is 4.98 Å². The molecule has 0 bridgehead atoms. The maximum absolute atomic E-state index is 4.81. The van der Waals surface area contributed by atoms with E-state index in [2.05, 4.69) is 67.6 Å². The van der Waals surface area contributed by atoms with E-state index in [-0.39, 0.29) is 0 Å². The van der Waals surface area contributed by atoms with E-state index in [4.69, 9.17) is 4.98 Å². The Bertz CT molecular complexity index is 888. The van der Waals surface area contributed by atoms with Crippen molar-refractivity contribution >= 4 is 32.3 Å². The molecule has 0 N–H and O–H groups in total. The van der Waals surface area contributed by atoms with Gasteiger partial charge in [0.25, 0.3) is 0 Å². The summed E-state index contributed by atoms with van der Waals surface area (Å²) in [7, 11) is 0. The average Bonchev–Trinajstić information content (AvgIpc) is 2.90. The van der Waals surface area contributed by atoms with Gasteiger partial charge in [0.15, 0.2) is 0 Å². The Morgan fingerprint density at radius 2 is 1.70 bits per heavy atom. The minimum Gasteiger partial charge on any atom is -0.247 e. The van der Waals surface area contributed by atoms with Gasteiger partial charge in [-0.1, -0.05) is 36.4 Å². The molecule has 2 aromatic carbocycles. The van der Waals surface area contributed by atoms with Crippen molar-refractivity contribution in [2.24, 2.45) is 0 Å². The van der Waals surface area contributed by atoms with Crippen molar-refractivity contribution < 1.29 is 0 Å². The highest BCUT2D eigenvalue weighted by atomic mass is 32.1. The quantitative estimate of drug-likeness (QED) is 0.451. The summed E-state index contributed by atoms with van der Waals surface area (Å²) in [5.74, 6) is 0. The molecule has 0 aliphatic heterocycles. The van der Waals surface area contributed by atoms with Crippen LogP contribution in [0.15, 0.2) is 60.7 Å². The van der Waals surface area contributed by atoms with Crippen LogP contribution in [0.25, 0.3) is 31.6 Å². The third-order valence-corrected chi connectivity index (χ3v) is 4.66. The zero-order chi connectivity index (χ0) is 13.5. The SMILES string of the molecule is Cc1ccc2ccc(-c3cc4ccccc4s3)nc2c1. The van der Waals surface area contributed by atoms with Crippen molar-refractivity contribution in [3.63, 3.8) is 0 Å². The number of fused-ring (bicyclic) bond motifs is 2. The fourth-order valence-corrected chi connectivity index (χ4v) is 3.51. The van der Waals surface area contributed by atoms with Crippen LogP contribution in [0.4, 0.5) is 0 Å². The number of hydrogen-bond acceptors (Lipinski definition) is 2. The van der Waals surface area contributed by atoms with Crippen LogP contribution in [0.5, 0.6) is 0 Å². The summed E-state index contributed by atoms with van der Waals surface area (Å²) in [6, 6.07) is 21.4. The molecule has 0 aliphatic rings. The van der Waals surface area contributed by atoms with Crippen molar-refractivity contribution in [2.75, 3.05) is 0 Å². The number of benzene rings is 2. The van der Waals surface area contributed by atoms with Crippen molar-refractivity contribution in [1.82, 2.24) is 4.98 Å². The van der Waals surface area contributed by atoms with Crippen LogP contribution in [0.2, 0.25) is 0 Å². The van der Waals surface area contributed by atoms with Crippen molar-refractivity contribution in [2.45, 2.75) is 6.92 Å². The van der Waals surface area contributed by atoms with E-state index >= 15 is 0 Å². The topological polar surface area (TPSA) is 12.9 Å². The third-order valence-electron chi connectivity index (χ3n) is 3.53. The van der Waals surface area contributed by atoms with Crippen molar-refractivity contribution in [3.05, 3.63) is 66.2 Å². The molecule has 0 unspecified atom stereocenters. The molecule has 0 atom stereocenters. The normalized spacial score (nSPS) is 11.2. The van der Waals surface area contributed by atoms with Gasteiger partial charge in [-0.15, -0.1) is 11.3 Å². The lowest BCUT2D eigenvalue weighted by atomic mass is 10.1. The van der Waals surface area contributed by atoms with Crippen LogP contribution in [-0.2, 0) is 0 Å². The molecule has 0 saturated heterocycles. The summed E-state index contributed by atoms with van der Waals surface area (Å²) in [6.07, 6.45) is 0. The van der Waals surface area contributed by atoms with Gasteiger partial charge in [0.05, 0.1) is 16.1 Å². The average molecular weight is 275 g/mol. The third kappa shape index (κ3) is 1.89. The second kappa shape index (κ2) is 4.43. The fourth-order valence-electron chi connectivity index (χ4n) is 2.47. The predicted octanol–water partition coefficient (Wildman–Crippen LogP) is 5.42.